The highest BCUT2D eigenvalue weighted by atomic mass is 35.5. The summed E-state index contributed by atoms with van der Waals surface area (Å²) in [7, 11) is 0. The van der Waals surface area contributed by atoms with Gasteiger partial charge in [0.05, 0.1) is 17.9 Å². The molecule has 0 spiro atoms. The molecule has 2 rings (SSSR count). The maximum atomic E-state index is 11.9. The van der Waals surface area contributed by atoms with Gasteiger partial charge in [-0.2, -0.15) is 0 Å². The highest BCUT2D eigenvalue weighted by molar-refractivity contribution is 6.32. The van der Waals surface area contributed by atoms with E-state index in [-0.39, 0.29) is 23.6 Å². The molecule has 0 saturated carbocycles. The lowest BCUT2D eigenvalue weighted by Crippen LogP contribution is -2.20. The van der Waals surface area contributed by atoms with Crippen molar-refractivity contribution in [2.75, 3.05) is 18.5 Å². The summed E-state index contributed by atoms with van der Waals surface area (Å²) in [4.78, 5) is 27.5. The molecule has 0 fully saturated rings. The number of hydrogen-bond donors (Lipinski definition) is 1. The molecule has 0 bridgehead atoms. The van der Waals surface area contributed by atoms with Gasteiger partial charge in [-0.3, -0.25) is 4.79 Å². The van der Waals surface area contributed by atoms with Gasteiger partial charge in [-0.15, -0.1) is 0 Å². The molecule has 6 nitrogen and oxygen atoms in total. The summed E-state index contributed by atoms with van der Waals surface area (Å²) >= 11 is 5.87. The number of hydrogen-bond acceptors (Lipinski definition) is 5. The highest BCUT2D eigenvalue weighted by Crippen LogP contribution is 2.17. The van der Waals surface area contributed by atoms with Crippen LogP contribution in [-0.2, 0) is 9.53 Å². The third-order valence-corrected chi connectivity index (χ3v) is 3.53. The number of nitrogens with one attached hydrogen (secondary N) is 1. The van der Waals surface area contributed by atoms with Gasteiger partial charge in [0.1, 0.15) is 5.75 Å². The molecule has 0 aliphatic heterocycles. The third kappa shape index (κ3) is 6.08. The summed E-state index contributed by atoms with van der Waals surface area (Å²) in [5.41, 5.74) is 0.859. The minimum Gasteiger partial charge on any atom is -0.484 e. The molecule has 1 aromatic carbocycles. The summed E-state index contributed by atoms with van der Waals surface area (Å²) < 4.78 is 10.5. The number of benzene rings is 1. The fourth-order valence-corrected chi connectivity index (χ4v) is 2.06. The first-order chi connectivity index (χ1) is 12.1. The van der Waals surface area contributed by atoms with Crippen LogP contribution in [-0.4, -0.2) is 30.1 Å². The van der Waals surface area contributed by atoms with E-state index < -0.39 is 0 Å². The molecule has 2 aromatic rings. The number of amides is 1. The van der Waals surface area contributed by atoms with Crippen LogP contribution < -0.4 is 10.1 Å². The van der Waals surface area contributed by atoms with Crippen LogP contribution in [0.3, 0.4) is 0 Å². The van der Waals surface area contributed by atoms with Crippen molar-refractivity contribution in [2.45, 2.75) is 19.8 Å². The number of aromatic nitrogens is 1. The minimum atomic E-state index is -0.371. The molecule has 1 amide bonds. The van der Waals surface area contributed by atoms with Crippen LogP contribution >= 0.6 is 11.6 Å². The fraction of sp³-hybridized carbons (Fsp3) is 0.278. The van der Waals surface area contributed by atoms with Gasteiger partial charge in [-0.05, 0) is 42.8 Å². The molecule has 0 atom stereocenters. The van der Waals surface area contributed by atoms with Crippen LogP contribution in [0.2, 0.25) is 5.15 Å². The van der Waals surface area contributed by atoms with Gasteiger partial charge in [0.25, 0.3) is 5.91 Å². The van der Waals surface area contributed by atoms with Crippen molar-refractivity contribution in [1.82, 2.24) is 4.98 Å². The second-order valence-corrected chi connectivity index (χ2v) is 5.55. The molecule has 0 aliphatic carbocycles. The first kappa shape index (κ1) is 18.7. The van der Waals surface area contributed by atoms with Gasteiger partial charge >= 0.3 is 5.97 Å². The Morgan fingerprint density at radius 2 is 1.96 bits per heavy atom. The first-order valence-corrected chi connectivity index (χ1v) is 8.28. The van der Waals surface area contributed by atoms with Crippen molar-refractivity contribution in [3.63, 3.8) is 0 Å². The van der Waals surface area contributed by atoms with E-state index in [2.05, 4.69) is 10.3 Å². The maximum Gasteiger partial charge on any atom is 0.338 e. The Hall–Kier alpha value is -2.60. The first-order valence-electron chi connectivity index (χ1n) is 7.90. The number of pyridine rings is 1. The SMILES string of the molecule is CCCCOC(=O)c1ccc(OCC(=O)Nc2cccnc2Cl)cc1. The summed E-state index contributed by atoms with van der Waals surface area (Å²) in [6.07, 6.45) is 3.33. The number of halogens is 1. The average molecular weight is 363 g/mol. The number of anilines is 1. The normalized spacial score (nSPS) is 10.2. The lowest BCUT2D eigenvalue weighted by Gasteiger charge is -2.09. The second-order valence-electron chi connectivity index (χ2n) is 5.19. The Kier molecular flexibility index (Phi) is 7.22. The molecule has 1 aromatic heterocycles. The highest BCUT2D eigenvalue weighted by Gasteiger charge is 2.09. The van der Waals surface area contributed by atoms with E-state index in [9.17, 15) is 9.59 Å². The molecule has 0 unspecified atom stereocenters. The Morgan fingerprint density at radius 1 is 1.20 bits per heavy atom. The van der Waals surface area contributed by atoms with E-state index in [1.807, 2.05) is 6.92 Å². The molecular formula is C18H19ClN2O4. The van der Waals surface area contributed by atoms with Gasteiger partial charge in [0, 0.05) is 6.20 Å². The third-order valence-electron chi connectivity index (χ3n) is 3.22. The molecular weight excluding hydrogens is 344 g/mol. The van der Waals surface area contributed by atoms with Crippen molar-refractivity contribution in [3.05, 3.63) is 53.3 Å². The summed E-state index contributed by atoms with van der Waals surface area (Å²) in [6, 6.07) is 9.73. The van der Waals surface area contributed by atoms with E-state index in [0.717, 1.165) is 12.8 Å². The molecule has 1 N–H and O–H groups in total. The van der Waals surface area contributed by atoms with Crippen molar-refractivity contribution in [3.8, 4) is 5.75 Å². The second kappa shape index (κ2) is 9.64. The Bertz CT molecular complexity index is 719. The summed E-state index contributed by atoms with van der Waals surface area (Å²) in [5.74, 6) is -0.264. The summed E-state index contributed by atoms with van der Waals surface area (Å²) in [6.45, 7) is 2.24. The Morgan fingerprint density at radius 3 is 2.64 bits per heavy atom. The van der Waals surface area contributed by atoms with E-state index in [0.29, 0.717) is 23.6 Å². The quantitative estimate of drug-likeness (QED) is 0.440. The minimum absolute atomic E-state index is 0.189. The van der Waals surface area contributed by atoms with Crippen LogP contribution in [0.4, 0.5) is 5.69 Å². The molecule has 25 heavy (non-hydrogen) atoms. The Balaban J connectivity index is 1.82. The number of nitrogens with zero attached hydrogens (tertiary/aromatic N) is 1. The number of esters is 1. The molecule has 0 aliphatic rings. The predicted molar refractivity (Wildman–Crippen MR) is 95.0 cm³/mol. The number of ether oxygens (including phenoxy) is 2. The standard InChI is InChI=1S/C18H19ClN2O4/c1-2-3-11-24-18(23)13-6-8-14(9-7-13)25-12-16(22)21-15-5-4-10-20-17(15)19/h4-10H,2-3,11-12H2,1H3,(H,21,22). The molecule has 7 heteroatoms. The number of rotatable bonds is 8. The smallest absolute Gasteiger partial charge is 0.338 e. The van der Waals surface area contributed by atoms with E-state index in [1.54, 1.807) is 36.4 Å². The summed E-state index contributed by atoms with van der Waals surface area (Å²) in [5, 5.41) is 2.82. The zero-order valence-electron chi connectivity index (χ0n) is 13.8. The average Bonchev–Trinajstić information content (AvgIpc) is 2.62. The zero-order valence-corrected chi connectivity index (χ0v) is 14.6. The van der Waals surface area contributed by atoms with Gasteiger partial charge < -0.3 is 14.8 Å². The maximum absolute atomic E-state index is 11.9. The van der Waals surface area contributed by atoms with Crippen molar-refractivity contribution in [1.29, 1.82) is 0 Å². The molecule has 0 saturated heterocycles. The van der Waals surface area contributed by atoms with Gasteiger partial charge in [0.15, 0.2) is 11.8 Å². The van der Waals surface area contributed by atoms with Crippen LogP contribution in [0.15, 0.2) is 42.6 Å². The van der Waals surface area contributed by atoms with Crippen molar-refractivity contribution in [2.24, 2.45) is 0 Å². The number of carbonyl (C=O) groups is 2. The predicted octanol–water partition coefficient (Wildman–Crippen LogP) is 3.71. The van der Waals surface area contributed by atoms with E-state index in [1.165, 1.54) is 6.20 Å². The largest absolute Gasteiger partial charge is 0.484 e. The fourth-order valence-electron chi connectivity index (χ4n) is 1.89. The van der Waals surface area contributed by atoms with Crippen LogP contribution in [0, 0.1) is 0 Å². The van der Waals surface area contributed by atoms with Gasteiger partial charge in [-0.25, -0.2) is 9.78 Å². The molecule has 1 heterocycles. The lowest BCUT2D eigenvalue weighted by atomic mass is 10.2. The number of carbonyl (C=O) groups excluding carboxylic acids is 2. The lowest BCUT2D eigenvalue weighted by molar-refractivity contribution is -0.118. The van der Waals surface area contributed by atoms with Crippen LogP contribution in [0.5, 0.6) is 5.75 Å². The monoisotopic (exact) mass is 362 g/mol. The zero-order chi connectivity index (χ0) is 18.1. The molecule has 132 valence electrons. The van der Waals surface area contributed by atoms with E-state index in [4.69, 9.17) is 21.1 Å². The topological polar surface area (TPSA) is 77.5 Å². The number of unbranched alkanes of at least 4 members (excludes halogenated alkanes) is 1. The van der Waals surface area contributed by atoms with Crippen LogP contribution in [0.1, 0.15) is 30.1 Å². The van der Waals surface area contributed by atoms with Crippen LogP contribution in [0.25, 0.3) is 0 Å². The van der Waals surface area contributed by atoms with Crippen molar-refractivity contribution < 1.29 is 19.1 Å². The van der Waals surface area contributed by atoms with Gasteiger partial charge in [0.2, 0.25) is 0 Å². The van der Waals surface area contributed by atoms with Crippen molar-refractivity contribution >= 4 is 29.2 Å². The van der Waals surface area contributed by atoms with Gasteiger partial charge in [-0.1, -0.05) is 24.9 Å². The Labute approximate surface area is 151 Å². The van der Waals surface area contributed by atoms with E-state index >= 15 is 0 Å². The molecule has 0 radical (unpaired) electrons.